The summed E-state index contributed by atoms with van der Waals surface area (Å²) in [5.74, 6) is 0. The average molecular weight is 283 g/mol. The fourth-order valence-corrected chi connectivity index (χ4v) is 3.05. The van der Waals surface area contributed by atoms with E-state index in [0.717, 1.165) is 24.4 Å². The van der Waals surface area contributed by atoms with Gasteiger partial charge in [0.1, 0.15) is 0 Å². The lowest BCUT2D eigenvalue weighted by atomic mass is 9.95. The van der Waals surface area contributed by atoms with Crippen molar-refractivity contribution in [2.24, 2.45) is 5.73 Å². The van der Waals surface area contributed by atoms with E-state index in [0.29, 0.717) is 24.7 Å². The molecule has 3 unspecified atom stereocenters. The van der Waals surface area contributed by atoms with Gasteiger partial charge in [-0.25, -0.2) is 0 Å². The van der Waals surface area contributed by atoms with Crippen LogP contribution in [0.25, 0.3) is 0 Å². The van der Waals surface area contributed by atoms with E-state index in [1.165, 1.54) is 5.56 Å². The lowest BCUT2D eigenvalue weighted by molar-refractivity contribution is -0.00163. The van der Waals surface area contributed by atoms with Gasteiger partial charge in [-0.2, -0.15) is 0 Å². The summed E-state index contributed by atoms with van der Waals surface area (Å²) in [6.45, 7) is 3.95. The first-order valence-electron chi connectivity index (χ1n) is 6.89. The van der Waals surface area contributed by atoms with Crippen LogP contribution in [0.4, 0.5) is 0 Å². The van der Waals surface area contributed by atoms with Crippen molar-refractivity contribution in [1.82, 2.24) is 4.90 Å². The summed E-state index contributed by atoms with van der Waals surface area (Å²) in [5, 5.41) is 0.782. The maximum absolute atomic E-state index is 5.95. The average Bonchev–Trinajstić information content (AvgIpc) is 2.46. The molecule has 1 aliphatic heterocycles. The number of ether oxygens (including phenoxy) is 1. The largest absolute Gasteiger partial charge is 0.381 e. The van der Waals surface area contributed by atoms with Gasteiger partial charge in [-0.05, 0) is 37.5 Å². The number of hydrogen-bond donors (Lipinski definition) is 1. The van der Waals surface area contributed by atoms with Gasteiger partial charge in [0.05, 0.1) is 6.10 Å². The molecule has 19 heavy (non-hydrogen) atoms. The summed E-state index contributed by atoms with van der Waals surface area (Å²) in [7, 11) is 1.79. The van der Waals surface area contributed by atoms with E-state index in [4.69, 9.17) is 22.1 Å². The van der Waals surface area contributed by atoms with Crippen molar-refractivity contribution < 1.29 is 4.74 Å². The molecule has 1 aromatic carbocycles. The fourth-order valence-electron chi connectivity index (χ4n) is 2.92. The Balaban J connectivity index is 2.09. The minimum absolute atomic E-state index is 0.349. The first kappa shape index (κ1) is 14.8. The molecule has 2 rings (SSSR count). The second-order valence-electron chi connectivity index (χ2n) is 5.24. The second kappa shape index (κ2) is 6.71. The zero-order valence-corrected chi connectivity index (χ0v) is 12.4. The topological polar surface area (TPSA) is 38.5 Å². The van der Waals surface area contributed by atoms with Crippen LogP contribution in [-0.4, -0.2) is 37.2 Å². The molecule has 106 valence electrons. The van der Waals surface area contributed by atoms with Gasteiger partial charge >= 0.3 is 0 Å². The smallest absolute Gasteiger partial charge is 0.0599 e. The van der Waals surface area contributed by atoms with Crippen molar-refractivity contribution in [3.05, 3.63) is 34.9 Å². The van der Waals surface area contributed by atoms with Crippen molar-refractivity contribution in [2.45, 2.75) is 38.0 Å². The quantitative estimate of drug-likeness (QED) is 0.923. The van der Waals surface area contributed by atoms with E-state index in [2.05, 4.69) is 24.0 Å². The third-order valence-corrected chi connectivity index (χ3v) is 4.42. The van der Waals surface area contributed by atoms with Crippen molar-refractivity contribution in [3.63, 3.8) is 0 Å². The molecule has 1 fully saturated rings. The van der Waals surface area contributed by atoms with Crippen LogP contribution in [0, 0.1) is 0 Å². The minimum Gasteiger partial charge on any atom is -0.381 e. The number of likely N-dealkylation sites (tertiary alicyclic amines) is 1. The lowest BCUT2D eigenvalue weighted by Crippen LogP contribution is -2.49. The minimum atomic E-state index is 0.349. The van der Waals surface area contributed by atoms with Crippen molar-refractivity contribution in [1.29, 1.82) is 0 Å². The van der Waals surface area contributed by atoms with Gasteiger partial charge in [0.2, 0.25) is 0 Å². The Hall–Kier alpha value is -0.610. The highest BCUT2D eigenvalue weighted by Crippen LogP contribution is 2.29. The Kier molecular flexibility index (Phi) is 5.22. The monoisotopic (exact) mass is 282 g/mol. The molecule has 0 amide bonds. The normalized spacial score (nSPS) is 26.3. The summed E-state index contributed by atoms with van der Waals surface area (Å²) >= 11 is 5.95. The standard InChI is InChI=1S/C15H23ClN2O/c1-11(12-3-5-13(16)6-4-12)18-8-7-15(19-2)9-14(18)10-17/h3-6,11,14-15H,7-10,17H2,1-2H3. The molecule has 0 bridgehead atoms. The molecule has 0 aromatic heterocycles. The Labute approximate surface area is 120 Å². The van der Waals surface area contributed by atoms with Gasteiger partial charge in [-0.3, -0.25) is 4.90 Å². The van der Waals surface area contributed by atoms with Crippen LogP contribution in [0.2, 0.25) is 5.02 Å². The van der Waals surface area contributed by atoms with E-state index in [9.17, 15) is 0 Å². The highest BCUT2D eigenvalue weighted by molar-refractivity contribution is 6.30. The summed E-state index contributed by atoms with van der Waals surface area (Å²) in [6.07, 6.45) is 2.44. The SMILES string of the molecule is COC1CCN(C(C)c2ccc(Cl)cc2)C(CN)C1. The van der Waals surface area contributed by atoms with Gasteiger partial charge in [-0.1, -0.05) is 23.7 Å². The van der Waals surface area contributed by atoms with Gasteiger partial charge in [-0.15, -0.1) is 0 Å². The van der Waals surface area contributed by atoms with Gasteiger partial charge in [0.25, 0.3) is 0 Å². The Morgan fingerprint density at radius 3 is 2.68 bits per heavy atom. The van der Waals surface area contributed by atoms with Crippen LogP contribution in [-0.2, 0) is 4.74 Å². The van der Waals surface area contributed by atoms with Crippen molar-refractivity contribution in [3.8, 4) is 0 Å². The molecule has 3 atom stereocenters. The van der Waals surface area contributed by atoms with Crippen LogP contribution in [0.1, 0.15) is 31.4 Å². The van der Waals surface area contributed by atoms with Gasteiger partial charge in [0.15, 0.2) is 0 Å². The number of benzene rings is 1. The summed E-state index contributed by atoms with van der Waals surface area (Å²) in [5.41, 5.74) is 7.22. The van der Waals surface area contributed by atoms with Gasteiger partial charge in [0, 0.05) is 37.3 Å². The van der Waals surface area contributed by atoms with Gasteiger partial charge < -0.3 is 10.5 Å². The molecule has 0 spiro atoms. The van der Waals surface area contributed by atoms with Crippen LogP contribution in [0.15, 0.2) is 24.3 Å². The molecule has 2 N–H and O–H groups in total. The van der Waals surface area contributed by atoms with E-state index >= 15 is 0 Å². The molecule has 0 aliphatic carbocycles. The van der Waals surface area contributed by atoms with Crippen LogP contribution < -0.4 is 5.73 Å². The van der Waals surface area contributed by atoms with Crippen LogP contribution in [0.3, 0.4) is 0 Å². The number of nitrogens with two attached hydrogens (primary N) is 1. The molecule has 1 aromatic rings. The Morgan fingerprint density at radius 1 is 1.42 bits per heavy atom. The van der Waals surface area contributed by atoms with E-state index in [1.54, 1.807) is 7.11 Å². The van der Waals surface area contributed by atoms with Crippen molar-refractivity contribution in [2.75, 3.05) is 20.2 Å². The van der Waals surface area contributed by atoms with E-state index < -0.39 is 0 Å². The molecule has 1 aliphatic rings. The molecule has 0 radical (unpaired) electrons. The lowest BCUT2D eigenvalue weighted by Gasteiger charge is -2.42. The maximum Gasteiger partial charge on any atom is 0.0599 e. The second-order valence-corrected chi connectivity index (χ2v) is 5.67. The van der Waals surface area contributed by atoms with Crippen LogP contribution in [0.5, 0.6) is 0 Å². The fraction of sp³-hybridized carbons (Fsp3) is 0.600. The molecular weight excluding hydrogens is 260 g/mol. The van der Waals surface area contributed by atoms with Crippen LogP contribution >= 0.6 is 11.6 Å². The Morgan fingerprint density at radius 2 is 2.11 bits per heavy atom. The first-order valence-corrected chi connectivity index (χ1v) is 7.27. The number of rotatable bonds is 4. The predicted octanol–water partition coefficient (Wildman–Crippen LogP) is 2.84. The number of nitrogens with zero attached hydrogens (tertiary/aromatic N) is 1. The summed E-state index contributed by atoms with van der Waals surface area (Å²) in [4.78, 5) is 2.48. The van der Waals surface area contributed by atoms with Crippen molar-refractivity contribution >= 4 is 11.6 Å². The van der Waals surface area contributed by atoms with E-state index in [1.807, 2.05) is 12.1 Å². The zero-order chi connectivity index (χ0) is 13.8. The maximum atomic E-state index is 5.95. The number of piperidine rings is 1. The molecule has 1 heterocycles. The summed E-state index contributed by atoms with van der Waals surface area (Å²) in [6, 6.07) is 8.86. The zero-order valence-electron chi connectivity index (χ0n) is 11.7. The molecule has 0 saturated carbocycles. The van der Waals surface area contributed by atoms with E-state index in [-0.39, 0.29) is 0 Å². The number of halogens is 1. The third-order valence-electron chi connectivity index (χ3n) is 4.17. The number of hydrogen-bond acceptors (Lipinski definition) is 3. The predicted molar refractivity (Wildman–Crippen MR) is 79.4 cm³/mol. The molecule has 3 nitrogen and oxygen atoms in total. The highest BCUT2D eigenvalue weighted by atomic mass is 35.5. The molecule has 4 heteroatoms. The summed E-state index contributed by atoms with van der Waals surface area (Å²) < 4.78 is 5.47. The highest BCUT2D eigenvalue weighted by Gasteiger charge is 2.30. The molecular formula is C15H23ClN2O. The molecule has 1 saturated heterocycles. The number of methoxy groups -OCH3 is 1. The Bertz CT molecular complexity index is 396. The first-order chi connectivity index (χ1) is 9.15. The third kappa shape index (κ3) is 3.48.